The van der Waals surface area contributed by atoms with Gasteiger partial charge in [-0.05, 0) is 24.3 Å². The Morgan fingerprint density at radius 2 is 1.90 bits per heavy atom. The monoisotopic (exact) mass is 283 g/mol. The van der Waals surface area contributed by atoms with Gasteiger partial charge in [-0.25, -0.2) is 9.78 Å². The smallest absolute Gasteiger partial charge is 0.337 e. The number of hydrogen-bond donors (Lipinski definition) is 1. The number of aromatic nitrogens is 1. The van der Waals surface area contributed by atoms with Crippen LogP contribution in [0.25, 0.3) is 21.8 Å². The molecular weight excluding hydrogens is 270 g/mol. The minimum absolute atomic E-state index is 0.202. The fraction of sp³-hybridized carbons (Fsp3) is 0.125. The first kappa shape index (κ1) is 13.2. The molecule has 0 saturated heterocycles. The first-order chi connectivity index (χ1) is 10.2. The van der Waals surface area contributed by atoms with Crippen molar-refractivity contribution in [3.05, 3.63) is 42.0 Å². The van der Waals surface area contributed by atoms with Crippen LogP contribution in [-0.2, 0) is 0 Å². The van der Waals surface area contributed by atoms with Crippen molar-refractivity contribution in [2.24, 2.45) is 0 Å². The third-order valence-corrected chi connectivity index (χ3v) is 3.41. The summed E-state index contributed by atoms with van der Waals surface area (Å²) in [7, 11) is 3.08. The molecule has 1 aromatic heterocycles. The normalized spacial score (nSPS) is 10.8. The Hall–Kier alpha value is -2.82. The van der Waals surface area contributed by atoms with Gasteiger partial charge in [0.05, 0.1) is 25.3 Å². The van der Waals surface area contributed by atoms with E-state index in [4.69, 9.17) is 9.47 Å². The van der Waals surface area contributed by atoms with E-state index < -0.39 is 5.97 Å². The van der Waals surface area contributed by atoms with Gasteiger partial charge in [0.25, 0.3) is 0 Å². The molecule has 0 atom stereocenters. The molecule has 0 amide bonds. The molecule has 1 heterocycles. The van der Waals surface area contributed by atoms with Crippen LogP contribution in [0.2, 0.25) is 0 Å². The zero-order valence-electron chi connectivity index (χ0n) is 11.6. The predicted molar refractivity (Wildman–Crippen MR) is 79.3 cm³/mol. The average Bonchev–Trinajstić information content (AvgIpc) is 2.51. The van der Waals surface area contributed by atoms with Gasteiger partial charge in [0.2, 0.25) is 0 Å². The number of methoxy groups -OCH3 is 2. The lowest BCUT2D eigenvalue weighted by Crippen LogP contribution is -2.02. The van der Waals surface area contributed by atoms with Crippen LogP contribution in [0.4, 0.5) is 0 Å². The fourth-order valence-corrected chi connectivity index (χ4v) is 2.44. The number of hydrogen-bond acceptors (Lipinski definition) is 4. The summed E-state index contributed by atoms with van der Waals surface area (Å²) >= 11 is 0. The first-order valence-electron chi connectivity index (χ1n) is 6.33. The molecule has 2 aromatic carbocycles. The van der Waals surface area contributed by atoms with Gasteiger partial charge in [-0.1, -0.05) is 12.1 Å². The number of aromatic carboxylic acids is 1. The molecule has 106 valence electrons. The molecule has 0 spiro atoms. The lowest BCUT2D eigenvalue weighted by molar-refractivity contribution is 0.0701. The first-order valence-corrected chi connectivity index (χ1v) is 6.33. The van der Waals surface area contributed by atoms with Gasteiger partial charge in [-0.15, -0.1) is 0 Å². The van der Waals surface area contributed by atoms with Crippen molar-refractivity contribution in [3.63, 3.8) is 0 Å². The van der Waals surface area contributed by atoms with Crippen molar-refractivity contribution >= 4 is 27.8 Å². The summed E-state index contributed by atoms with van der Waals surface area (Å²) in [6.07, 6.45) is 0. The number of nitrogens with zero attached hydrogens (tertiary/aromatic N) is 1. The summed E-state index contributed by atoms with van der Waals surface area (Å²) in [5.41, 5.74) is 1.33. The van der Waals surface area contributed by atoms with Crippen LogP contribution < -0.4 is 9.47 Å². The zero-order valence-corrected chi connectivity index (χ0v) is 11.6. The van der Waals surface area contributed by atoms with Gasteiger partial charge in [0, 0.05) is 10.8 Å². The molecule has 21 heavy (non-hydrogen) atoms. The molecule has 3 rings (SSSR count). The van der Waals surface area contributed by atoms with Crippen molar-refractivity contribution in [2.75, 3.05) is 14.2 Å². The summed E-state index contributed by atoms with van der Waals surface area (Å²) < 4.78 is 10.4. The van der Waals surface area contributed by atoms with E-state index in [-0.39, 0.29) is 5.56 Å². The van der Waals surface area contributed by atoms with Crippen LogP contribution in [-0.4, -0.2) is 30.3 Å². The standard InChI is InChI=1S/C16H13NO4/c1-20-9-6-7-12-11(8-9)14(16(18)19)10-4-3-5-13(21-2)15(10)17-12/h3-8H,1-2H3,(H,18,19). The van der Waals surface area contributed by atoms with Crippen molar-refractivity contribution in [1.82, 2.24) is 4.98 Å². The Bertz CT molecular complexity index is 854. The van der Waals surface area contributed by atoms with Crippen LogP contribution in [0, 0.1) is 0 Å². The van der Waals surface area contributed by atoms with Crippen molar-refractivity contribution in [1.29, 1.82) is 0 Å². The van der Waals surface area contributed by atoms with Crippen LogP contribution in [0.1, 0.15) is 10.4 Å². The number of carboxylic acid groups (broad SMARTS) is 1. The lowest BCUT2D eigenvalue weighted by atomic mass is 10.0. The second kappa shape index (κ2) is 4.94. The molecule has 0 aliphatic heterocycles. The second-order valence-corrected chi connectivity index (χ2v) is 4.53. The Kier molecular flexibility index (Phi) is 3.10. The summed E-state index contributed by atoms with van der Waals surface area (Å²) in [5, 5.41) is 10.7. The quantitative estimate of drug-likeness (QED) is 0.748. The van der Waals surface area contributed by atoms with E-state index in [1.54, 1.807) is 43.5 Å². The maximum atomic E-state index is 11.7. The van der Waals surface area contributed by atoms with E-state index >= 15 is 0 Å². The summed E-state index contributed by atoms with van der Waals surface area (Å²) in [6, 6.07) is 10.4. The van der Waals surface area contributed by atoms with Crippen molar-refractivity contribution in [2.45, 2.75) is 0 Å². The number of ether oxygens (including phenoxy) is 2. The highest BCUT2D eigenvalue weighted by atomic mass is 16.5. The molecule has 5 nitrogen and oxygen atoms in total. The van der Waals surface area contributed by atoms with Gasteiger partial charge >= 0.3 is 5.97 Å². The van der Waals surface area contributed by atoms with Gasteiger partial charge in [0.1, 0.15) is 17.0 Å². The van der Waals surface area contributed by atoms with Crippen LogP contribution in [0.15, 0.2) is 36.4 Å². The average molecular weight is 283 g/mol. The van der Waals surface area contributed by atoms with E-state index in [2.05, 4.69) is 4.98 Å². The summed E-state index contributed by atoms with van der Waals surface area (Å²) in [5.74, 6) is 0.135. The number of benzene rings is 2. The number of para-hydroxylation sites is 1. The van der Waals surface area contributed by atoms with Gasteiger partial charge in [0.15, 0.2) is 0 Å². The minimum atomic E-state index is -1.01. The molecule has 0 aliphatic carbocycles. The third kappa shape index (κ3) is 2.03. The largest absolute Gasteiger partial charge is 0.497 e. The highest BCUT2D eigenvalue weighted by molar-refractivity contribution is 6.14. The molecule has 0 bridgehead atoms. The molecule has 0 radical (unpaired) electrons. The Labute approximate surface area is 120 Å². The second-order valence-electron chi connectivity index (χ2n) is 4.53. The highest BCUT2D eigenvalue weighted by Crippen LogP contribution is 2.32. The number of fused-ring (bicyclic) bond motifs is 2. The predicted octanol–water partition coefficient (Wildman–Crippen LogP) is 3.10. The summed E-state index contributed by atoms with van der Waals surface area (Å²) in [6.45, 7) is 0. The molecule has 5 heteroatoms. The topological polar surface area (TPSA) is 68.7 Å². The zero-order chi connectivity index (χ0) is 15.0. The van der Waals surface area contributed by atoms with Gasteiger partial charge in [-0.2, -0.15) is 0 Å². The number of pyridine rings is 1. The van der Waals surface area contributed by atoms with E-state index in [1.807, 2.05) is 0 Å². The van der Waals surface area contributed by atoms with Gasteiger partial charge < -0.3 is 14.6 Å². The molecule has 0 unspecified atom stereocenters. The van der Waals surface area contributed by atoms with E-state index in [1.165, 1.54) is 7.11 Å². The molecule has 0 saturated carbocycles. The number of rotatable bonds is 3. The number of carboxylic acids is 1. The van der Waals surface area contributed by atoms with Crippen molar-refractivity contribution < 1.29 is 19.4 Å². The van der Waals surface area contributed by atoms with Crippen LogP contribution in [0.3, 0.4) is 0 Å². The van der Waals surface area contributed by atoms with E-state index in [0.29, 0.717) is 33.3 Å². The van der Waals surface area contributed by atoms with E-state index in [9.17, 15) is 9.90 Å². The maximum absolute atomic E-state index is 11.7. The number of carbonyl (C=O) groups is 1. The maximum Gasteiger partial charge on any atom is 0.337 e. The van der Waals surface area contributed by atoms with Crippen LogP contribution >= 0.6 is 0 Å². The molecule has 3 aromatic rings. The Morgan fingerprint density at radius 3 is 2.57 bits per heavy atom. The highest BCUT2D eigenvalue weighted by Gasteiger charge is 2.17. The fourth-order valence-electron chi connectivity index (χ4n) is 2.44. The summed E-state index contributed by atoms with van der Waals surface area (Å²) in [4.78, 5) is 16.2. The third-order valence-electron chi connectivity index (χ3n) is 3.41. The Morgan fingerprint density at radius 1 is 1.10 bits per heavy atom. The van der Waals surface area contributed by atoms with Crippen molar-refractivity contribution in [3.8, 4) is 11.5 Å². The molecule has 0 aliphatic rings. The van der Waals surface area contributed by atoms with Gasteiger partial charge in [-0.3, -0.25) is 0 Å². The SMILES string of the molecule is COc1ccc2nc3c(OC)cccc3c(C(=O)O)c2c1. The minimum Gasteiger partial charge on any atom is -0.497 e. The molecular formula is C16H13NO4. The lowest BCUT2D eigenvalue weighted by Gasteiger charge is -2.11. The molecule has 1 N–H and O–H groups in total. The Balaban J connectivity index is 2.52. The molecule has 0 fully saturated rings. The van der Waals surface area contributed by atoms with Crippen LogP contribution in [0.5, 0.6) is 11.5 Å². The van der Waals surface area contributed by atoms with E-state index in [0.717, 1.165) is 0 Å².